The number of carbonyl (C=O) groups excluding carboxylic acids is 1. The van der Waals surface area contributed by atoms with Crippen molar-refractivity contribution in [2.75, 3.05) is 39.3 Å². The predicted molar refractivity (Wildman–Crippen MR) is 69.0 cm³/mol. The van der Waals surface area contributed by atoms with Gasteiger partial charge in [0, 0.05) is 19.1 Å². The number of hydrogen-bond donors (Lipinski definition) is 1. The van der Waals surface area contributed by atoms with Crippen molar-refractivity contribution in [1.29, 1.82) is 0 Å². The molecular formula is C13H25N3O. The molecule has 2 fully saturated rings. The van der Waals surface area contributed by atoms with E-state index in [2.05, 4.69) is 17.1 Å². The Kier molecular flexibility index (Phi) is 4.80. The molecule has 2 heterocycles. The smallest absolute Gasteiger partial charge is 0.236 e. The highest BCUT2D eigenvalue weighted by Crippen LogP contribution is 2.10. The molecule has 0 radical (unpaired) electrons. The van der Waals surface area contributed by atoms with Crippen LogP contribution in [0.2, 0.25) is 0 Å². The summed E-state index contributed by atoms with van der Waals surface area (Å²) in [7, 11) is 0. The third-order valence-corrected chi connectivity index (χ3v) is 4.04. The maximum absolute atomic E-state index is 11.9. The lowest BCUT2D eigenvalue weighted by Crippen LogP contribution is -2.46. The first-order chi connectivity index (χ1) is 8.29. The zero-order valence-corrected chi connectivity index (χ0v) is 11.0. The van der Waals surface area contributed by atoms with Gasteiger partial charge in [0.1, 0.15) is 0 Å². The van der Waals surface area contributed by atoms with Crippen LogP contribution < -0.4 is 5.32 Å². The average Bonchev–Trinajstić information content (AvgIpc) is 2.90. The van der Waals surface area contributed by atoms with Crippen molar-refractivity contribution in [2.45, 2.75) is 38.6 Å². The van der Waals surface area contributed by atoms with Gasteiger partial charge in [-0.25, -0.2) is 0 Å². The molecule has 2 aliphatic heterocycles. The molecule has 0 spiro atoms. The summed E-state index contributed by atoms with van der Waals surface area (Å²) < 4.78 is 0. The number of piperidine rings is 1. The Balaban J connectivity index is 1.63. The molecule has 17 heavy (non-hydrogen) atoms. The minimum absolute atomic E-state index is 0.292. The summed E-state index contributed by atoms with van der Waals surface area (Å²) >= 11 is 0. The van der Waals surface area contributed by atoms with Crippen LogP contribution in [0.1, 0.15) is 32.6 Å². The van der Waals surface area contributed by atoms with Gasteiger partial charge in [0.05, 0.1) is 6.54 Å². The summed E-state index contributed by atoms with van der Waals surface area (Å²) in [6.07, 6.45) is 4.73. The Labute approximate surface area is 104 Å². The monoisotopic (exact) mass is 239 g/mol. The van der Waals surface area contributed by atoms with Gasteiger partial charge in [-0.2, -0.15) is 0 Å². The van der Waals surface area contributed by atoms with Gasteiger partial charge in [-0.05, 0) is 45.3 Å². The third-order valence-electron chi connectivity index (χ3n) is 4.04. The second-order valence-electron chi connectivity index (χ2n) is 5.18. The Morgan fingerprint density at radius 1 is 1.18 bits per heavy atom. The number of nitrogens with zero attached hydrogens (tertiary/aromatic N) is 2. The predicted octanol–water partition coefficient (Wildman–Crippen LogP) is 0.683. The number of rotatable bonds is 4. The van der Waals surface area contributed by atoms with E-state index < -0.39 is 0 Å². The van der Waals surface area contributed by atoms with Gasteiger partial charge in [0.2, 0.25) is 5.91 Å². The fraction of sp³-hybridized carbons (Fsp3) is 0.923. The van der Waals surface area contributed by atoms with Crippen LogP contribution in [-0.4, -0.2) is 61.0 Å². The number of likely N-dealkylation sites (tertiary alicyclic amines) is 2. The summed E-state index contributed by atoms with van der Waals surface area (Å²) in [5.41, 5.74) is 0. The van der Waals surface area contributed by atoms with Crippen molar-refractivity contribution >= 4 is 5.91 Å². The molecule has 0 unspecified atom stereocenters. The molecule has 0 aliphatic carbocycles. The van der Waals surface area contributed by atoms with Gasteiger partial charge in [-0.1, -0.05) is 6.92 Å². The van der Waals surface area contributed by atoms with Gasteiger partial charge in [-0.3, -0.25) is 4.79 Å². The topological polar surface area (TPSA) is 35.6 Å². The lowest BCUT2D eigenvalue weighted by Gasteiger charge is -2.31. The van der Waals surface area contributed by atoms with Crippen LogP contribution >= 0.6 is 0 Å². The second-order valence-corrected chi connectivity index (χ2v) is 5.18. The Hall–Kier alpha value is -0.610. The normalized spacial score (nSPS) is 23.2. The first kappa shape index (κ1) is 12.8. The minimum atomic E-state index is 0.292. The highest BCUT2D eigenvalue weighted by Gasteiger charge is 2.21. The van der Waals surface area contributed by atoms with Crippen LogP contribution in [0.15, 0.2) is 0 Å². The van der Waals surface area contributed by atoms with E-state index in [-0.39, 0.29) is 0 Å². The highest BCUT2D eigenvalue weighted by atomic mass is 16.2. The molecule has 4 nitrogen and oxygen atoms in total. The summed E-state index contributed by atoms with van der Waals surface area (Å²) in [5, 5.41) is 3.43. The third kappa shape index (κ3) is 3.68. The molecule has 2 rings (SSSR count). The van der Waals surface area contributed by atoms with Crippen LogP contribution in [0.3, 0.4) is 0 Å². The van der Waals surface area contributed by atoms with E-state index in [0.29, 0.717) is 18.5 Å². The molecule has 1 N–H and O–H groups in total. The van der Waals surface area contributed by atoms with E-state index in [4.69, 9.17) is 0 Å². The molecule has 0 atom stereocenters. The van der Waals surface area contributed by atoms with Crippen LogP contribution in [0.4, 0.5) is 0 Å². The average molecular weight is 239 g/mol. The first-order valence-electron chi connectivity index (χ1n) is 7.03. The van der Waals surface area contributed by atoms with E-state index >= 15 is 0 Å². The fourth-order valence-electron chi connectivity index (χ4n) is 2.76. The molecule has 0 aromatic rings. The van der Waals surface area contributed by atoms with E-state index in [9.17, 15) is 4.79 Å². The van der Waals surface area contributed by atoms with Gasteiger partial charge in [0.15, 0.2) is 0 Å². The quantitative estimate of drug-likeness (QED) is 0.784. The lowest BCUT2D eigenvalue weighted by molar-refractivity contribution is -0.129. The summed E-state index contributed by atoms with van der Waals surface area (Å²) in [6.45, 7) is 8.18. The number of amides is 1. The van der Waals surface area contributed by atoms with E-state index in [1.165, 1.54) is 38.8 Å². The molecular weight excluding hydrogens is 214 g/mol. The van der Waals surface area contributed by atoms with E-state index in [0.717, 1.165) is 19.6 Å². The molecule has 2 aliphatic rings. The van der Waals surface area contributed by atoms with E-state index in [1.54, 1.807) is 0 Å². The zero-order chi connectivity index (χ0) is 12.1. The summed E-state index contributed by atoms with van der Waals surface area (Å²) in [5.74, 6) is 0.292. The Bertz CT molecular complexity index is 243. The van der Waals surface area contributed by atoms with Crippen LogP contribution in [0.25, 0.3) is 0 Å². The van der Waals surface area contributed by atoms with Gasteiger partial charge < -0.3 is 15.1 Å². The van der Waals surface area contributed by atoms with Crippen molar-refractivity contribution in [3.63, 3.8) is 0 Å². The Morgan fingerprint density at radius 3 is 2.41 bits per heavy atom. The standard InChI is InChI=1S/C13H25N3O/c1-2-15-9-5-12(6-10-15)14-11-13(17)16-7-3-4-8-16/h12,14H,2-11H2,1H3. The molecule has 0 aromatic carbocycles. The van der Waals surface area contributed by atoms with Crippen LogP contribution in [-0.2, 0) is 4.79 Å². The maximum Gasteiger partial charge on any atom is 0.236 e. The highest BCUT2D eigenvalue weighted by molar-refractivity contribution is 5.78. The fourth-order valence-corrected chi connectivity index (χ4v) is 2.76. The molecule has 98 valence electrons. The van der Waals surface area contributed by atoms with Crippen molar-refractivity contribution in [2.24, 2.45) is 0 Å². The molecule has 4 heteroatoms. The van der Waals surface area contributed by atoms with Gasteiger partial charge in [0.25, 0.3) is 0 Å². The van der Waals surface area contributed by atoms with Gasteiger partial charge in [-0.15, -0.1) is 0 Å². The van der Waals surface area contributed by atoms with E-state index in [1.807, 2.05) is 4.90 Å². The molecule has 2 saturated heterocycles. The van der Waals surface area contributed by atoms with Crippen molar-refractivity contribution in [3.8, 4) is 0 Å². The zero-order valence-electron chi connectivity index (χ0n) is 11.0. The molecule has 1 amide bonds. The first-order valence-corrected chi connectivity index (χ1v) is 7.03. The van der Waals surface area contributed by atoms with Gasteiger partial charge >= 0.3 is 0 Å². The SMILES string of the molecule is CCN1CCC(NCC(=O)N2CCCC2)CC1. The molecule has 0 bridgehead atoms. The second kappa shape index (κ2) is 6.36. The summed E-state index contributed by atoms with van der Waals surface area (Å²) in [6, 6.07) is 0.546. The lowest BCUT2D eigenvalue weighted by atomic mass is 10.1. The minimum Gasteiger partial charge on any atom is -0.342 e. The number of nitrogens with one attached hydrogen (secondary N) is 1. The largest absolute Gasteiger partial charge is 0.342 e. The van der Waals surface area contributed by atoms with Crippen molar-refractivity contribution in [1.82, 2.24) is 15.1 Å². The number of carbonyl (C=O) groups is 1. The Morgan fingerprint density at radius 2 is 1.82 bits per heavy atom. The van der Waals surface area contributed by atoms with Crippen molar-refractivity contribution in [3.05, 3.63) is 0 Å². The number of hydrogen-bond acceptors (Lipinski definition) is 3. The van der Waals surface area contributed by atoms with Crippen LogP contribution in [0.5, 0.6) is 0 Å². The molecule has 0 saturated carbocycles. The molecule has 0 aromatic heterocycles. The maximum atomic E-state index is 11.9. The summed E-state index contributed by atoms with van der Waals surface area (Å²) in [4.78, 5) is 16.3. The van der Waals surface area contributed by atoms with Crippen LogP contribution in [0, 0.1) is 0 Å². The van der Waals surface area contributed by atoms with Crippen molar-refractivity contribution < 1.29 is 4.79 Å².